The second kappa shape index (κ2) is 7.48. The van der Waals surface area contributed by atoms with Gasteiger partial charge >= 0.3 is 0 Å². The molecule has 1 aromatic carbocycles. The average Bonchev–Trinajstić information content (AvgIpc) is 2.35. The van der Waals surface area contributed by atoms with Gasteiger partial charge < -0.3 is 10.5 Å². The first-order valence-corrected chi connectivity index (χ1v) is 6.69. The van der Waals surface area contributed by atoms with Crippen molar-refractivity contribution in [1.29, 1.82) is 5.41 Å². The van der Waals surface area contributed by atoms with E-state index in [4.69, 9.17) is 27.5 Å². The molecule has 0 aliphatic carbocycles. The fraction of sp³-hybridized carbons (Fsp3) is 0.500. The van der Waals surface area contributed by atoms with Gasteiger partial charge in [0.2, 0.25) is 0 Å². The number of nitrogen functional groups attached to an aromatic ring is 1. The average molecular weight is 284 g/mol. The van der Waals surface area contributed by atoms with E-state index >= 15 is 0 Å². The molecule has 0 atom stereocenters. The van der Waals surface area contributed by atoms with Crippen molar-refractivity contribution in [2.24, 2.45) is 5.73 Å². The van der Waals surface area contributed by atoms with Crippen LogP contribution in [0, 0.1) is 5.41 Å². The quantitative estimate of drug-likeness (QED) is 0.597. The molecule has 0 aromatic heterocycles. The number of hydrogen-bond acceptors (Lipinski definition) is 3. The third-order valence-electron chi connectivity index (χ3n) is 3.05. The Labute approximate surface area is 120 Å². The molecular formula is C14H22ClN3O. The molecule has 0 amide bonds. The summed E-state index contributed by atoms with van der Waals surface area (Å²) in [4.78, 5) is 2.29. The van der Waals surface area contributed by atoms with Crippen molar-refractivity contribution in [3.8, 4) is 0 Å². The first-order chi connectivity index (χ1) is 8.95. The zero-order chi connectivity index (χ0) is 14.4. The second-order valence-electron chi connectivity index (χ2n) is 4.78. The normalized spacial score (nSPS) is 11.3. The zero-order valence-corrected chi connectivity index (χ0v) is 12.5. The number of benzene rings is 1. The molecule has 0 radical (unpaired) electrons. The van der Waals surface area contributed by atoms with Gasteiger partial charge in [-0.05, 0) is 25.5 Å². The van der Waals surface area contributed by atoms with Crippen LogP contribution in [-0.4, -0.2) is 37.0 Å². The fourth-order valence-corrected chi connectivity index (χ4v) is 2.03. The van der Waals surface area contributed by atoms with Gasteiger partial charge in [-0.15, -0.1) is 0 Å². The molecule has 3 N–H and O–H groups in total. The third-order valence-corrected chi connectivity index (χ3v) is 3.40. The largest absolute Gasteiger partial charge is 0.384 e. The predicted molar refractivity (Wildman–Crippen MR) is 79.9 cm³/mol. The molecule has 0 fully saturated rings. The topological polar surface area (TPSA) is 62.3 Å². The minimum Gasteiger partial charge on any atom is -0.384 e. The van der Waals surface area contributed by atoms with E-state index in [2.05, 4.69) is 18.7 Å². The SMILES string of the molecule is COCCN(Cc1ccc(C(=N)N)cc1Cl)C(C)C. The first-order valence-electron chi connectivity index (χ1n) is 6.31. The van der Waals surface area contributed by atoms with Gasteiger partial charge in [-0.1, -0.05) is 23.7 Å². The Bertz CT molecular complexity index is 435. The van der Waals surface area contributed by atoms with Crippen LogP contribution in [0.1, 0.15) is 25.0 Å². The number of hydrogen-bond donors (Lipinski definition) is 2. The van der Waals surface area contributed by atoms with E-state index in [0.29, 0.717) is 23.2 Å². The molecule has 0 saturated carbocycles. The highest BCUT2D eigenvalue weighted by atomic mass is 35.5. The maximum Gasteiger partial charge on any atom is 0.122 e. The highest BCUT2D eigenvalue weighted by molar-refractivity contribution is 6.31. The number of nitrogens with two attached hydrogens (primary N) is 1. The highest BCUT2D eigenvalue weighted by Gasteiger charge is 2.12. The smallest absolute Gasteiger partial charge is 0.122 e. The number of halogens is 1. The van der Waals surface area contributed by atoms with E-state index < -0.39 is 0 Å². The summed E-state index contributed by atoms with van der Waals surface area (Å²) >= 11 is 6.25. The molecule has 19 heavy (non-hydrogen) atoms. The molecule has 5 heteroatoms. The van der Waals surface area contributed by atoms with E-state index in [1.165, 1.54) is 0 Å². The lowest BCUT2D eigenvalue weighted by atomic mass is 10.1. The van der Waals surface area contributed by atoms with Gasteiger partial charge in [-0.25, -0.2) is 0 Å². The Morgan fingerprint density at radius 2 is 2.16 bits per heavy atom. The van der Waals surface area contributed by atoms with Gasteiger partial charge in [-0.2, -0.15) is 0 Å². The maximum atomic E-state index is 7.40. The van der Waals surface area contributed by atoms with E-state index in [-0.39, 0.29) is 5.84 Å². The molecule has 0 heterocycles. The molecule has 106 valence electrons. The van der Waals surface area contributed by atoms with Gasteiger partial charge in [0.15, 0.2) is 0 Å². The van der Waals surface area contributed by atoms with Crippen LogP contribution in [0.25, 0.3) is 0 Å². The summed E-state index contributed by atoms with van der Waals surface area (Å²) in [5, 5.41) is 8.04. The monoisotopic (exact) mass is 283 g/mol. The van der Waals surface area contributed by atoms with Crippen molar-refractivity contribution in [3.05, 3.63) is 34.3 Å². The van der Waals surface area contributed by atoms with Crippen LogP contribution in [0.4, 0.5) is 0 Å². The lowest BCUT2D eigenvalue weighted by molar-refractivity contribution is 0.125. The Morgan fingerprint density at radius 3 is 2.63 bits per heavy atom. The van der Waals surface area contributed by atoms with E-state index in [9.17, 15) is 0 Å². The number of nitrogens with zero attached hydrogens (tertiary/aromatic N) is 1. The number of ether oxygens (including phenoxy) is 1. The number of amidine groups is 1. The molecule has 0 aliphatic rings. The molecule has 0 aliphatic heterocycles. The van der Waals surface area contributed by atoms with Crippen LogP contribution in [0.15, 0.2) is 18.2 Å². The van der Waals surface area contributed by atoms with Crippen molar-refractivity contribution in [2.45, 2.75) is 26.4 Å². The number of rotatable bonds is 7. The van der Waals surface area contributed by atoms with Gasteiger partial charge in [0, 0.05) is 36.8 Å². The predicted octanol–water partition coefficient (Wildman–Crippen LogP) is 2.48. The van der Waals surface area contributed by atoms with Crippen LogP contribution in [-0.2, 0) is 11.3 Å². The van der Waals surface area contributed by atoms with Crippen molar-refractivity contribution in [3.63, 3.8) is 0 Å². The van der Waals surface area contributed by atoms with Gasteiger partial charge in [0.25, 0.3) is 0 Å². The van der Waals surface area contributed by atoms with Crippen molar-refractivity contribution in [2.75, 3.05) is 20.3 Å². The Hall–Kier alpha value is -1.10. The molecule has 4 nitrogen and oxygen atoms in total. The van der Waals surface area contributed by atoms with Gasteiger partial charge in [-0.3, -0.25) is 10.3 Å². The molecule has 1 aromatic rings. The molecular weight excluding hydrogens is 262 g/mol. The lowest BCUT2D eigenvalue weighted by Crippen LogP contribution is -2.33. The summed E-state index contributed by atoms with van der Waals surface area (Å²) in [5.41, 5.74) is 7.14. The summed E-state index contributed by atoms with van der Waals surface area (Å²) in [6.07, 6.45) is 0. The summed E-state index contributed by atoms with van der Waals surface area (Å²) in [6, 6.07) is 5.92. The zero-order valence-electron chi connectivity index (χ0n) is 11.7. The first kappa shape index (κ1) is 16.0. The van der Waals surface area contributed by atoms with Gasteiger partial charge in [0.1, 0.15) is 5.84 Å². The van der Waals surface area contributed by atoms with Crippen molar-refractivity contribution in [1.82, 2.24) is 4.90 Å². The Morgan fingerprint density at radius 1 is 1.47 bits per heavy atom. The molecule has 0 saturated heterocycles. The van der Waals surface area contributed by atoms with Crippen LogP contribution in [0.5, 0.6) is 0 Å². The summed E-state index contributed by atoms with van der Waals surface area (Å²) < 4.78 is 5.12. The maximum absolute atomic E-state index is 7.40. The highest BCUT2D eigenvalue weighted by Crippen LogP contribution is 2.20. The molecule has 0 spiro atoms. The fourth-order valence-electron chi connectivity index (χ4n) is 1.79. The van der Waals surface area contributed by atoms with Crippen LogP contribution in [0.3, 0.4) is 0 Å². The number of nitrogens with one attached hydrogen (secondary N) is 1. The second-order valence-corrected chi connectivity index (χ2v) is 5.18. The summed E-state index contributed by atoms with van der Waals surface area (Å²) in [7, 11) is 1.70. The lowest BCUT2D eigenvalue weighted by Gasteiger charge is -2.26. The standard InChI is InChI=1S/C14H22ClN3O/c1-10(2)18(6-7-19-3)9-12-5-4-11(14(16)17)8-13(12)15/h4-5,8,10H,6-7,9H2,1-3H3,(H3,16,17). The summed E-state index contributed by atoms with van der Waals surface area (Å²) in [6.45, 7) is 6.61. The third kappa shape index (κ3) is 4.82. The molecule has 0 unspecified atom stereocenters. The summed E-state index contributed by atoms with van der Waals surface area (Å²) in [5.74, 6) is 0.0357. The minimum absolute atomic E-state index is 0.0357. The Kier molecular flexibility index (Phi) is 6.28. The van der Waals surface area contributed by atoms with E-state index in [0.717, 1.165) is 18.7 Å². The van der Waals surface area contributed by atoms with Gasteiger partial charge in [0.05, 0.1) is 6.61 Å². The van der Waals surface area contributed by atoms with E-state index in [1.807, 2.05) is 12.1 Å². The Balaban J connectivity index is 2.81. The molecule has 0 bridgehead atoms. The van der Waals surface area contributed by atoms with E-state index in [1.54, 1.807) is 13.2 Å². The minimum atomic E-state index is 0.0357. The van der Waals surface area contributed by atoms with Crippen LogP contribution < -0.4 is 5.73 Å². The van der Waals surface area contributed by atoms with Crippen LogP contribution in [0.2, 0.25) is 5.02 Å². The van der Waals surface area contributed by atoms with Crippen LogP contribution >= 0.6 is 11.6 Å². The van der Waals surface area contributed by atoms with Crippen molar-refractivity contribution >= 4 is 17.4 Å². The molecule has 1 rings (SSSR count). The number of methoxy groups -OCH3 is 1. The van der Waals surface area contributed by atoms with Crippen molar-refractivity contribution < 1.29 is 4.74 Å².